The third-order valence-corrected chi connectivity index (χ3v) is 3.37. The summed E-state index contributed by atoms with van der Waals surface area (Å²) in [6.45, 7) is 5.58. The van der Waals surface area contributed by atoms with Gasteiger partial charge in [0.15, 0.2) is 5.78 Å². The number of aromatic nitrogens is 2. The monoisotopic (exact) mass is 317 g/mol. The molecule has 1 aromatic heterocycles. The molecule has 1 unspecified atom stereocenters. The number of nitrogens with zero attached hydrogens (tertiary/aromatic N) is 2. The Labute approximate surface area is 116 Å². The molecule has 102 valence electrons. The molecule has 0 amide bonds. The summed E-state index contributed by atoms with van der Waals surface area (Å²) in [5, 5.41) is 7.35. The summed E-state index contributed by atoms with van der Waals surface area (Å²) >= 11 is 3.36. The number of halogens is 1. The van der Waals surface area contributed by atoms with E-state index >= 15 is 0 Å². The lowest BCUT2D eigenvalue weighted by Gasteiger charge is -2.11. The predicted octanol–water partition coefficient (Wildman–Crippen LogP) is 1.86. The molecule has 18 heavy (non-hydrogen) atoms. The van der Waals surface area contributed by atoms with Crippen LogP contribution in [-0.2, 0) is 11.3 Å². The van der Waals surface area contributed by atoms with Gasteiger partial charge in [-0.2, -0.15) is 5.10 Å². The van der Waals surface area contributed by atoms with Crippen molar-refractivity contribution in [3.8, 4) is 0 Å². The first-order valence-corrected chi connectivity index (χ1v) is 6.86. The van der Waals surface area contributed by atoms with Crippen molar-refractivity contribution in [3.63, 3.8) is 0 Å². The van der Waals surface area contributed by atoms with Crippen LogP contribution in [0, 0.1) is 0 Å². The van der Waals surface area contributed by atoms with Crippen molar-refractivity contribution >= 4 is 21.7 Å². The highest BCUT2D eigenvalue weighted by atomic mass is 79.9. The number of methoxy groups -OCH3 is 1. The lowest BCUT2D eigenvalue weighted by atomic mass is 10.2. The molecular weight excluding hydrogens is 298 g/mol. The number of ether oxygens (including phenoxy) is 1. The molecule has 0 spiro atoms. The Bertz CT molecular complexity index is 393. The third kappa shape index (κ3) is 4.19. The Morgan fingerprint density at radius 2 is 2.39 bits per heavy atom. The van der Waals surface area contributed by atoms with Crippen LogP contribution in [0.5, 0.6) is 0 Å². The number of ketones is 1. The highest BCUT2D eigenvalue weighted by Gasteiger charge is 2.17. The van der Waals surface area contributed by atoms with Gasteiger partial charge in [0.05, 0.1) is 30.4 Å². The molecule has 6 heteroatoms. The summed E-state index contributed by atoms with van der Waals surface area (Å²) in [7, 11) is 1.63. The van der Waals surface area contributed by atoms with E-state index in [9.17, 15) is 4.79 Å². The fourth-order valence-electron chi connectivity index (χ4n) is 1.48. The first-order chi connectivity index (χ1) is 8.60. The van der Waals surface area contributed by atoms with Crippen LogP contribution in [0.3, 0.4) is 0 Å². The summed E-state index contributed by atoms with van der Waals surface area (Å²) in [5.74, 6) is 0.0378. The van der Waals surface area contributed by atoms with Crippen LogP contribution in [-0.4, -0.2) is 41.9 Å². The summed E-state index contributed by atoms with van der Waals surface area (Å²) < 4.78 is 7.41. The highest BCUT2D eigenvalue weighted by molar-refractivity contribution is 9.10. The van der Waals surface area contributed by atoms with E-state index in [4.69, 9.17) is 4.74 Å². The van der Waals surface area contributed by atoms with Gasteiger partial charge in [0.2, 0.25) is 0 Å². The normalized spacial score (nSPS) is 12.7. The third-order valence-electron chi connectivity index (χ3n) is 2.79. The van der Waals surface area contributed by atoms with Crippen molar-refractivity contribution in [2.24, 2.45) is 0 Å². The first kappa shape index (κ1) is 15.3. The molecule has 1 heterocycles. The van der Waals surface area contributed by atoms with Crippen LogP contribution >= 0.6 is 15.9 Å². The van der Waals surface area contributed by atoms with Crippen LogP contribution < -0.4 is 5.32 Å². The molecule has 0 aliphatic carbocycles. The molecule has 1 aromatic rings. The van der Waals surface area contributed by atoms with Crippen LogP contribution in [0.1, 0.15) is 30.8 Å². The molecule has 1 atom stereocenters. The lowest BCUT2D eigenvalue weighted by Crippen LogP contribution is -2.32. The zero-order chi connectivity index (χ0) is 13.5. The van der Waals surface area contributed by atoms with Gasteiger partial charge in [-0.3, -0.25) is 9.48 Å². The largest absolute Gasteiger partial charge is 0.383 e. The number of carbonyl (C=O) groups excluding carboxylic acids is 1. The van der Waals surface area contributed by atoms with E-state index < -0.39 is 0 Å². The molecule has 0 aromatic carbocycles. The summed E-state index contributed by atoms with van der Waals surface area (Å²) in [4.78, 5) is 12.1. The quantitative estimate of drug-likeness (QED) is 0.744. The van der Waals surface area contributed by atoms with Crippen LogP contribution in [0.25, 0.3) is 0 Å². The lowest BCUT2D eigenvalue weighted by molar-refractivity contribution is 0.0973. The minimum absolute atomic E-state index is 0.0378. The van der Waals surface area contributed by atoms with Crippen molar-refractivity contribution in [2.75, 3.05) is 20.3 Å². The van der Waals surface area contributed by atoms with E-state index in [0.29, 0.717) is 31.4 Å². The van der Waals surface area contributed by atoms with Crippen molar-refractivity contribution in [3.05, 3.63) is 16.4 Å². The number of Topliss-reactive ketones (excluding diaryl/α,β-unsaturated/α-hetero) is 1. The molecule has 5 nitrogen and oxygen atoms in total. The van der Waals surface area contributed by atoms with E-state index in [1.165, 1.54) is 0 Å². The van der Waals surface area contributed by atoms with Gasteiger partial charge in [0.25, 0.3) is 0 Å². The fourth-order valence-corrected chi connectivity index (χ4v) is 2.00. The van der Waals surface area contributed by atoms with Crippen molar-refractivity contribution in [1.82, 2.24) is 15.1 Å². The molecule has 1 N–H and O–H groups in total. The standard InChI is InChI=1S/C12H20BrN3O2/c1-4-9(2)14-8-11(17)12-10(13)7-15-16(12)5-6-18-3/h7,9,14H,4-6,8H2,1-3H3. The fraction of sp³-hybridized carbons (Fsp3) is 0.667. The van der Waals surface area contributed by atoms with Gasteiger partial charge in [-0.15, -0.1) is 0 Å². The molecule has 0 aliphatic rings. The van der Waals surface area contributed by atoms with E-state index in [-0.39, 0.29) is 5.78 Å². The number of carbonyl (C=O) groups is 1. The second kappa shape index (κ2) is 7.66. The second-order valence-electron chi connectivity index (χ2n) is 4.17. The minimum atomic E-state index is 0.0378. The van der Waals surface area contributed by atoms with Gasteiger partial charge in [-0.05, 0) is 29.3 Å². The highest BCUT2D eigenvalue weighted by Crippen LogP contribution is 2.16. The molecule has 0 saturated carbocycles. The number of hydrogen-bond donors (Lipinski definition) is 1. The smallest absolute Gasteiger partial charge is 0.195 e. The average Bonchev–Trinajstić information content (AvgIpc) is 2.74. The van der Waals surface area contributed by atoms with E-state index in [2.05, 4.69) is 40.2 Å². The van der Waals surface area contributed by atoms with Crippen molar-refractivity contribution in [1.29, 1.82) is 0 Å². The summed E-state index contributed by atoms with van der Waals surface area (Å²) in [5.41, 5.74) is 0.600. The van der Waals surface area contributed by atoms with Gasteiger partial charge in [0, 0.05) is 13.2 Å². The molecule has 1 rings (SSSR count). The second-order valence-corrected chi connectivity index (χ2v) is 5.02. The Kier molecular flexibility index (Phi) is 6.52. The van der Waals surface area contributed by atoms with Gasteiger partial charge < -0.3 is 10.1 Å². The molecule has 0 saturated heterocycles. The molecule has 0 aliphatic heterocycles. The Balaban J connectivity index is 2.68. The average molecular weight is 318 g/mol. The van der Waals surface area contributed by atoms with Crippen LogP contribution in [0.4, 0.5) is 0 Å². The summed E-state index contributed by atoms with van der Waals surface area (Å²) in [6, 6.07) is 0.336. The maximum absolute atomic E-state index is 12.1. The SMILES string of the molecule is CCC(C)NCC(=O)c1c(Br)cnn1CCOC. The summed E-state index contributed by atoms with van der Waals surface area (Å²) in [6.07, 6.45) is 2.64. The Hall–Kier alpha value is -0.720. The topological polar surface area (TPSA) is 56.2 Å². The van der Waals surface area contributed by atoms with Gasteiger partial charge in [-0.25, -0.2) is 0 Å². The predicted molar refractivity (Wildman–Crippen MR) is 73.9 cm³/mol. The Morgan fingerprint density at radius 1 is 1.67 bits per heavy atom. The van der Waals surface area contributed by atoms with Gasteiger partial charge in [-0.1, -0.05) is 6.92 Å². The Morgan fingerprint density at radius 3 is 3.00 bits per heavy atom. The molecular formula is C12H20BrN3O2. The maximum Gasteiger partial charge on any atom is 0.195 e. The van der Waals surface area contributed by atoms with E-state index in [0.717, 1.165) is 10.9 Å². The maximum atomic E-state index is 12.1. The van der Waals surface area contributed by atoms with Crippen molar-refractivity contribution in [2.45, 2.75) is 32.9 Å². The van der Waals surface area contributed by atoms with Crippen LogP contribution in [0.15, 0.2) is 10.7 Å². The van der Waals surface area contributed by atoms with Crippen LogP contribution in [0.2, 0.25) is 0 Å². The number of rotatable bonds is 8. The van der Waals surface area contributed by atoms with E-state index in [1.807, 2.05) is 0 Å². The molecule has 0 fully saturated rings. The number of hydrogen-bond acceptors (Lipinski definition) is 4. The first-order valence-electron chi connectivity index (χ1n) is 6.07. The minimum Gasteiger partial charge on any atom is -0.383 e. The van der Waals surface area contributed by atoms with E-state index in [1.54, 1.807) is 18.0 Å². The molecule has 0 radical (unpaired) electrons. The number of nitrogens with one attached hydrogen (secondary N) is 1. The van der Waals surface area contributed by atoms with Gasteiger partial charge in [0.1, 0.15) is 5.69 Å². The van der Waals surface area contributed by atoms with Gasteiger partial charge >= 0.3 is 0 Å². The zero-order valence-corrected chi connectivity index (χ0v) is 12.7. The zero-order valence-electron chi connectivity index (χ0n) is 11.1. The molecule has 0 bridgehead atoms. The van der Waals surface area contributed by atoms with Crippen molar-refractivity contribution < 1.29 is 9.53 Å².